The van der Waals surface area contributed by atoms with Crippen LogP contribution in [0.2, 0.25) is 0 Å². The van der Waals surface area contributed by atoms with Crippen molar-refractivity contribution >= 4 is 21.8 Å². The quantitative estimate of drug-likeness (QED) is 0.822. The Hall–Kier alpha value is -0.830. The van der Waals surface area contributed by atoms with E-state index in [2.05, 4.69) is 22.9 Å². The molecule has 2 nitrogen and oxygen atoms in total. The number of halogens is 1. The van der Waals surface area contributed by atoms with Crippen molar-refractivity contribution < 1.29 is 4.79 Å². The van der Waals surface area contributed by atoms with Gasteiger partial charge in [0.1, 0.15) is 0 Å². The van der Waals surface area contributed by atoms with Crippen molar-refractivity contribution in [1.29, 1.82) is 0 Å². The fourth-order valence-electron chi connectivity index (χ4n) is 2.30. The molecule has 98 valence electrons. The van der Waals surface area contributed by atoms with Crippen LogP contribution in [0.3, 0.4) is 0 Å². The van der Waals surface area contributed by atoms with Crippen molar-refractivity contribution in [1.82, 2.24) is 4.90 Å². The number of carbonyl (C=O) groups is 1. The topological polar surface area (TPSA) is 20.3 Å². The summed E-state index contributed by atoms with van der Waals surface area (Å²) in [7, 11) is 0. The molecule has 1 amide bonds. The normalized spacial score (nSPS) is 15.3. The third-order valence-corrected chi connectivity index (χ3v) is 4.67. The van der Waals surface area contributed by atoms with Crippen LogP contribution in [0.25, 0.3) is 0 Å². The van der Waals surface area contributed by atoms with Crippen molar-refractivity contribution in [3.8, 4) is 0 Å². The van der Waals surface area contributed by atoms with E-state index in [9.17, 15) is 4.79 Å². The smallest absolute Gasteiger partial charge is 0.253 e. The van der Waals surface area contributed by atoms with Gasteiger partial charge < -0.3 is 4.90 Å². The van der Waals surface area contributed by atoms with Crippen LogP contribution in [0.4, 0.5) is 0 Å². The van der Waals surface area contributed by atoms with Gasteiger partial charge in [-0.3, -0.25) is 4.79 Å². The predicted molar refractivity (Wildman–Crippen MR) is 77.8 cm³/mol. The van der Waals surface area contributed by atoms with Gasteiger partial charge in [0.05, 0.1) is 0 Å². The van der Waals surface area contributed by atoms with Crippen LogP contribution in [-0.2, 0) is 0 Å². The Bertz CT molecular complexity index is 440. The molecule has 1 aromatic carbocycles. The van der Waals surface area contributed by atoms with E-state index in [0.717, 1.165) is 34.6 Å². The van der Waals surface area contributed by atoms with Crippen molar-refractivity contribution in [2.24, 2.45) is 5.92 Å². The average molecular weight is 310 g/mol. The summed E-state index contributed by atoms with van der Waals surface area (Å²) >= 11 is 3.47. The number of hydrogen-bond acceptors (Lipinski definition) is 1. The summed E-state index contributed by atoms with van der Waals surface area (Å²) in [6.45, 7) is 5.79. The van der Waals surface area contributed by atoms with Crippen LogP contribution in [0.5, 0.6) is 0 Å². The van der Waals surface area contributed by atoms with Gasteiger partial charge in [-0.2, -0.15) is 0 Å². The van der Waals surface area contributed by atoms with Gasteiger partial charge in [-0.25, -0.2) is 0 Å². The van der Waals surface area contributed by atoms with Gasteiger partial charge in [0.15, 0.2) is 0 Å². The molecule has 0 atom stereocenters. The summed E-state index contributed by atoms with van der Waals surface area (Å²) in [5.74, 6) is 0.894. The van der Waals surface area contributed by atoms with Gasteiger partial charge in [0, 0.05) is 23.1 Å². The highest BCUT2D eigenvalue weighted by atomic mass is 79.9. The molecule has 3 heteroatoms. The summed E-state index contributed by atoms with van der Waals surface area (Å²) in [6.07, 6.45) is 3.89. The molecule has 0 spiro atoms. The Morgan fingerprint density at radius 1 is 1.44 bits per heavy atom. The van der Waals surface area contributed by atoms with Gasteiger partial charge in [0.25, 0.3) is 5.91 Å². The first kappa shape index (κ1) is 13.6. The highest BCUT2D eigenvalue weighted by molar-refractivity contribution is 9.10. The first-order chi connectivity index (χ1) is 8.61. The standard InChI is InChI=1S/C15H20BrNO/c1-3-17(10-12-5-4-6-12)15(18)13-7-8-14(16)11(2)9-13/h7-9,12H,3-6,10H2,1-2H3. The minimum absolute atomic E-state index is 0.167. The molecule has 18 heavy (non-hydrogen) atoms. The zero-order valence-corrected chi connectivity index (χ0v) is 12.7. The van der Waals surface area contributed by atoms with Crippen molar-refractivity contribution in [3.63, 3.8) is 0 Å². The van der Waals surface area contributed by atoms with E-state index in [1.807, 2.05) is 30.0 Å². The monoisotopic (exact) mass is 309 g/mol. The lowest BCUT2D eigenvalue weighted by atomic mass is 9.85. The molecule has 2 rings (SSSR count). The summed E-state index contributed by atoms with van der Waals surface area (Å²) in [5, 5.41) is 0. The van der Waals surface area contributed by atoms with Gasteiger partial charge >= 0.3 is 0 Å². The molecule has 0 heterocycles. The molecular formula is C15H20BrNO. The molecule has 1 aliphatic carbocycles. The Kier molecular flexibility index (Phi) is 4.44. The fourth-order valence-corrected chi connectivity index (χ4v) is 2.55. The van der Waals surface area contributed by atoms with Crippen LogP contribution in [0, 0.1) is 12.8 Å². The van der Waals surface area contributed by atoms with Gasteiger partial charge in [0.2, 0.25) is 0 Å². The fraction of sp³-hybridized carbons (Fsp3) is 0.533. The van der Waals surface area contributed by atoms with Crippen molar-refractivity contribution in [3.05, 3.63) is 33.8 Å². The van der Waals surface area contributed by atoms with E-state index in [0.29, 0.717) is 0 Å². The maximum absolute atomic E-state index is 12.4. The Labute approximate surface area is 117 Å². The predicted octanol–water partition coefficient (Wildman–Crippen LogP) is 4.02. The third-order valence-electron chi connectivity index (χ3n) is 3.78. The molecule has 1 fully saturated rings. The van der Waals surface area contributed by atoms with Gasteiger partial charge in [-0.05, 0) is 56.4 Å². The molecular weight excluding hydrogens is 290 g/mol. The number of rotatable bonds is 4. The van der Waals surface area contributed by atoms with Crippen LogP contribution in [0.15, 0.2) is 22.7 Å². The van der Waals surface area contributed by atoms with E-state index in [1.165, 1.54) is 19.3 Å². The van der Waals surface area contributed by atoms with Gasteiger partial charge in [-0.1, -0.05) is 22.4 Å². The highest BCUT2D eigenvalue weighted by Gasteiger charge is 2.23. The number of nitrogens with zero attached hydrogens (tertiary/aromatic N) is 1. The highest BCUT2D eigenvalue weighted by Crippen LogP contribution is 2.27. The van der Waals surface area contributed by atoms with E-state index < -0.39 is 0 Å². The largest absolute Gasteiger partial charge is 0.339 e. The first-order valence-electron chi connectivity index (χ1n) is 6.67. The zero-order valence-electron chi connectivity index (χ0n) is 11.1. The number of aryl methyl sites for hydroxylation is 1. The summed E-state index contributed by atoms with van der Waals surface area (Å²) < 4.78 is 1.06. The third kappa shape index (κ3) is 2.94. The SMILES string of the molecule is CCN(CC1CCC1)C(=O)c1ccc(Br)c(C)c1. The summed E-state index contributed by atoms with van der Waals surface area (Å²) in [6, 6.07) is 5.83. The summed E-state index contributed by atoms with van der Waals surface area (Å²) in [5.41, 5.74) is 1.91. The van der Waals surface area contributed by atoms with E-state index >= 15 is 0 Å². The van der Waals surface area contributed by atoms with Crippen LogP contribution >= 0.6 is 15.9 Å². The molecule has 0 unspecified atom stereocenters. The molecule has 0 N–H and O–H groups in total. The maximum atomic E-state index is 12.4. The molecule has 1 aliphatic rings. The zero-order chi connectivity index (χ0) is 13.1. The lowest BCUT2D eigenvalue weighted by Gasteiger charge is -2.32. The Balaban J connectivity index is 2.09. The molecule has 0 saturated heterocycles. The van der Waals surface area contributed by atoms with Crippen molar-refractivity contribution in [2.75, 3.05) is 13.1 Å². The van der Waals surface area contributed by atoms with Crippen LogP contribution in [0.1, 0.15) is 42.1 Å². The first-order valence-corrected chi connectivity index (χ1v) is 7.46. The van der Waals surface area contributed by atoms with E-state index in [1.54, 1.807) is 0 Å². The number of carbonyl (C=O) groups excluding carboxylic acids is 1. The maximum Gasteiger partial charge on any atom is 0.253 e. The minimum atomic E-state index is 0.167. The second-order valence-corrected chi connectivity index (χ2v) is 5.96. The van der Waals surface area contributed by atoms with E-state index in [-0.39, 0.29) is 5.91 Å². The van der Waals surface area contributed by atoms with Crippen LogP contribution in [-0.4, -0.2) is 23.9 Å². The van der Waals surface area contributed by atoms with Crippen LogP contribution < -0.4 is 0 Å². The molecule has 0 aromatic heterocycles. The number of benzene rings is 1. The summed E-state index contributed by atoms with van der Waals surface area (Å²) in [4.78, 5) is 14.4. The molecule has 1 saturated carbocycles. The van der Waals surface area contributed by atoms with E-state index in [4.69, 9.17) is 0 Å². The molecule has 0 radical (unpaired) electrons. The molecule has 0 bridgehead atoms. The Morgan fingerprint density at radius 2 is 2.17 bits per heavy atom. The Morgan fingerprint density at radius 3 is 2.67 bits per heavy atom. The second-order valence-electron chi connectivity index (χ2n) is 5.10. The molecule has 1 aromatic rings. The second kappa shape index (κ2) is 5.87. The number of amides is 1. The lowest BCUT2D eigenvalue weighted by Crippen LogP contribution is -2.37. The van der Waals surface area contributed by atoms with Crippen molar-refractivity contribution in [2.45, 2.75) is 33.1 Å². The average Bonchev–Trinajstić information content (AvgIpc) is 2.31. The molecule has 0 aliphatic heterocycles. The lowest BCUT2D eigenvalue weighted by molar-refractivity contribution is 0.0706. The minimum Gasteiger partial charge on any atom is -0.339 e. The number of hydrogen-bond donors (Lipinski definition) is 0. The van der Waals surface area contributed by atoms with Gasteiger partial charge in [-0.15, -0.1) is 0 Å².